The van der Waals surface area contributed by atoms with Crippen LogP contribution >= 0.6 is 0 Å². The number of rotatable bonds is 3. The monoisotopic (exact) mass is 330 g/mol. The Morgan fingerprint density at radius 1 is 1.04 bits per heavy atom. The number of amides is 2. The Labute approximate surface area is 134 Å². The molecule has 0 saturated heterocycles. The zero-order valence-corrected chi connectivity index (χ0v) is 12.3. The van der Waals surface area contributed by atoms with E-state index >= 15 is 0 Å². The highest BCUT2D eigenvalue weighted by Crippen LogP contribution is 2.18. The molecule has 0 radical (unpaired) electrons. The number of carbonyl (C=O) groups excluding carboxylic acids is 1. The molecule has 0 aliphatic carbocycles. The van der Waals surface area contributed by atoms with E-state index in [2.05, 4.69) is 20.8 Å². The first-order chi connectivity index (χ1) is 11.6. The van der Waals surface area contributed by atoms with E-state index in [0.29, 0.717) is 16.5 Å². The quantitative estimate of drug-likeness (QED) is 0.690. The van der Waals surface area contributed by atoms with Crippen LogP contribution in [-0.4, -0.2) is 16.2 Å². The molecule has 8 heteroatoms. The number of hydrogen-bond donors (Lipinski definition) is 3. The topological polar surface area (TPSA) is 86.9 Å². The lowest BCUT2D eigenvalue weighted by atomic mass is 10.1. The molecule has 2 amide bonds. The van der Waals surface area contributed by atoms with E-state index in [1.807, 2.05) is 0 Å². The average molecular weight is 330 g/mol. The van der Waals surface area contributed by atoms with Gasteiger partial charge >= 0.3 is 6.03 Å². The third-order valence-corrected chi connectivity index (χ3v) is 3.39. The molecule has 0 aliphatic heterocycles. The van der Waals surface area contributed by atoms with Crippen molar-refractivity contribution in [2.24, 2.45) is 0 Å². The maximum absolute atomic E-state index is 13.5. The number of benzene rings is 2. The van der Waals surface area contributed by atoms with Gasteiger partial charge < -0.3 is 10.6 Å². The minimum atomic E-state index is -0.877. The van der Waals surface area contributed by atoms with Gasteiger partial charge in [-0.05, 0) is 18.2 Å². The van der Waals surface area contributed by atoms with Crippen molar-refractivity contribution in [3.63, 3.8) is 0 Å². The number of halogens is 2. The molecule has 6 nitrogen and oxygen atoms in total. The summed E-state index contributed by atoms with van der Waals surface area (Å²) in [5.41, 5.74) is -0.448. The van der Waals surface area contributed by atoms with Crippen molar-refractivity contribution in [3.05, 3.63) is 70.1 Å². The van der Waals surface area contributed by atoms with Crippen LogP contribution in [-0.2, 0) is 6.54 Å². The third kappa shape index (κ3) is 3.07. The summed E-state index contributed by atoms with van der Waals surface area (Å²) in [5.74, 6) is -1.75. The Kier molecular flexibility index (Phi) is 4.19. The lowest BCUT2D eigenvalue weighted by molar-refractivity contribution is 0.251. The number of urea groups is 1. The molecule has 3 N–H and O–H groups in total. The molecule has 0 saturated carbocycles. The summed E-state index contributed by atoms with van der Waals surface area (Å²) in [6.07, 6.45) is 0. The van der Waals surface area contributed by atoms with Gasteiger partial charge in [-0.3, -0.25) is 4.79 Å². The van der Waals surface area contributed by atoms with E-state index in [1.165, 1.54) is 6.07 Å². The lowest BCUT2D eigenvalue weighted by Gasteiger charge is -2.10. The lowest BCUT2D eigenvalue weighted by Crippen LogP contribution is -2.30. The molecule has 0 spiro atoms. The van der Waals surface area contributed by atoms with Crippen LogP contribution in [0.2, 0.25) is 0 Å². The van der Waals surface area contributed by atoms with E-state index in [9.17, 15) is 18.4 Å². The first-order valence-electron chi connectivity index (χ1n) is 7.01. The highest BCUT2D eigenvalue weighted by Gasteiger charge is 2.12. The van der Waals surface area contributed by atoms with Gasteiger partial charge in [-0.25, -0.2) is 18.7 Å². The third-order valence-electron chi connectivity index (χ3n) is 3.39. The molecule has 1 aromatic heterocycles. The van der Waals surface area contributed by atoms with Crippen molar-refractivity contribution >= 4 is 22.5 Å². The number of anilines is 1. The summed E-state index contributed by atoms with van der Waals surface area (Å²) in [6, 6.07) is 9.26. The SMILES string of the molecule is O=C(NCc1n[nH]c(=O)c2ccccc12)Nc1c(F)cccc1F. The van der Waals surface area contributed by atoms with Gasteiger partial charge in [0.25, 0.3) is 5.56 Å². The van der Waals surface area contributed by atoms with Crippen molar-refractivity contribution in [2.45, 2.75) is 6.54 Å². The van der Waals surface area contributed by atoms with Gasteiger partial charge in [0, 0.05) is 5.39 Å². The molecule has 1 heterocycles. The first-order valence-corrected chi connectivity index (χ1v) is 7.01. The molecule has 0 aliphatic rings. The molecule has 0 unspecified atom stereocenters. The van der Waals surface area contributed by atoms with Crippen LogP contribution in [0.25, 0.3) is 10.8 Å². The van der Waals surface area contributed by atoms with Gasteiger partial charge in [0.05, 0.1) is 17.6 Å². The van der Waals surface area contributed by atoms with Crippen LogP contribution in [0.3, 0.4) is 0 Å². The van der Waals surface area contributed by atoms with Gasteiger partial charge in [-0.2, -0.15) is 5.10 Å². The molecule has 2 aromatic carbocycles. The van der Waals surface area contributed by atoms with E-state index < -0.39 is 23.4 Å². The zero-order chi connectivity index (χ0) is 17.1. The number of hydrogen-bond acceptors (Lipinski definition) is 3. The smallest absolute Gasteiger partial charge is 0.319 e. The Morgan fingerprint density at radius 3 is 2.42 bits per heavy atom. The molecule has 122 valence electrons. The minimum Gasteiger partial charge on any atom is -0.332 e. The molecule has 3 rings (SSSR count). The first kappa shape index (κ1) is 15.6. The van der Waals surface area contributed by atoms with Crippen molar-refractivity contribution < 1.29 is 13.6 Å². The summed E-state index contributed by atoms with van der Waals surface area (Å²) >= 11 is 0. The normalized spacial score (nSPS) is 10.6. The van der Waals surface area contributed by atoms with Crippen molar-refractivity contribution in [2.75, 3.05) is 5.32 Å². The average Bonchev–Trinajstić information content (AvgIpc) is 2.58. The summed E-state index contributed by atoms with van der Waals surface area (Å²) in [5, 5.41) is 11.8. The largest absolute Gasteiger partial charge is 0.332 e. The maximum Gasteiger partial charge on any atom is 0.319 e. The number of nitrogens with one attached hydrogen (secondary N) is 3. The van der Waals surface area contributed by atoms with Gasteiger partial charge in [-0.15, -0.1) is 0 Å². The number of H-pyrrole nitrogens is 1. The molecule has 0 atom stereocenters. The predicted molar refractivity (Wildman–Crippen MR) is 84.6 cm³/mol. The van der Waals surface area contributed by atoms with Crippen LogP contribution in [0.15, 0.2) is 47.3 Å². The van der Waals surface area contributed by atoms with Gasteiger partial charge in [0.15, 0.2) is 0 Å². The number of para-hydroxylation sites is 1. The molecule has 3 aromatic rings. The Morgan fingerprint density at radius 2 is 1.71 bits per heavy atom. The maximum atomic E-state index is 13.5. The van der Waals surface area contributed by atoms with Crippen molar-refractivity contribution in [3.8, 4) is 0 Å². The minimum absolute atomic E-state index is 0.0286. The Hall–Kier alpha value is -3.29. The second kappa shape index (κ2) is 6.45. The van der Waals surface area contributed by atoms with Crippen LogP contribution < -0.4 is 16.2 Å². The standard InChI is InChI=1S/C16H12F2N4O2/c17-11-6-3-7-12(18)14(11)20-16(24)19-8-13-9-4-1-2-5-10(9)15(23)22-21-13/h1-7H,8H2,(H,22,23)(H2,19,20,24). The summed E-state index contributed by atoms with van der Waals surface area (Å²) in [6.45, 7) is -0.0286. The van der Waals surface area contributed by atoms with Crippen molar-refractivity contribution in [1.82, 2.24) is 15.5 Å². The second-order valence-electron chi connectivity index (χ2n) is 4.95. The second-order valence-corrected chi connectivity index (χ2v) is 4.95. The fourth-order valence-electron chi connectivity index (χ4n) is 2.25. The zero-order valence-electron chi connectivity index (χ0n) is 12.3. The summed E-state index contributed by atoms with van der Waals surface area (Å²) in [4.78, 5) is 23.5. The molecule has 0 bridgehead atoms. The molecular formula is C16H12F2N4O2. The van der Waals surface area contributed by atoms with Gasteiger partial charge in [0.2, 0.25) is 0 Å². The number of aromatic nitrogens is 2. The van der Waals surface area contributed by atoms with Crippen molar-refractivity contribution in [1.29, 1.82) is 0 Å². The number of carbonyl (C=O) groups is 1. The molecule has 24 heavy (non-hydrogen) atoms. The van der Waals surface area contributed by atoms with Gasteiger partial charge in [0.1, 0.15) is 17.3 Å². The molecular weight excluding hydrogens is 318 g/mol. The van der Waals surface area contributed by atoms with Crippen LogP contribution in [0.1, 0.15) is 5.69 Å². The van der Waals surface area contributed by atoms with Crippen LogP contribution in [0.4, 0.5) is 19.3 Å². The Bertz CT molecular complexity index is 951. The van der Waals surface area contributed by atoms with Crippen LogP contribution in [0.5, 0.6) is 0 Å². The fourth-order valence-corrected chi connectivity index (χ4v) is 2.25. The Balaban J connectivity index is 1.76. The fraction of sp³-hybridized carbons (Fsp3) is 0.0625. The van der Waals surface area contributed by atoms with Crippen LogP contribution in [0, 0.1) is 11.6 Å². The van der Waals surface area contributed by atoms with Gasteiger partial charge in [-0.1, -0.05) is 24.3 Å². The van der Waals surface area contributed by atoms with E-state index in [1.54, 1.807) is 24.3 Å². The van der Waals surface area contributed by atoms with E-state index in [4.69, 9.17) is 0 Å². The summed E-state index contributed by atoms with van der Waals surface area (Å²) < 4.78 is 27.0. The number of nitrogens with zero attached hydrogens (tertiary/aromatic N) is 1. The predicted octanol–water partition coefficient (Wildman–Crippen LogP) is 2.52. The highest BCUT2D eigenvalue weighted by molar-refractivity contribution is 5.90. The summed E-state index contributed by atoms with van der Waals surface area (Å²) in [7, 11) is 0. The molecule has 0 fully saturated rings. The number of fused-ring (bicyclic) bond motifs is 1. The number of aromatic amines is 1. The van der Waals surface area contributed by atoms with E-state index in [0.717, 1.165) is 12.1 Å². The van der Waals surface area contributed by atoms with E-state index in [-0.39, 0.29) is 12.1 Å². The highest BCUT2D eigenvalue weighted by atomic mass is 19.1.